The van der Waals surface area contributed by atoms with Gasteiger partial charge < -0.3 is 9.47 Å². The number of carbonyl (C=O) groups excluding carboxylic acids is 2. The van der Waals surface area contributed by atoms with Crippen LogP contribution in [0.3, 0.4) is 0 Å². The van der Waals surface area contributed by atoms with E-state index in [9.17, 15) is 9.59 Å². The number of hydrogen-bond donors (Lipinski definition) is 0. The molecule has 0 heterocycles. The number of methoxy groups -OCH3 is 1. The molecule has 0 spiro atoms. The Bertz CT molecular complexity index is 932. The summed E-state index contributed by atoms with van der Waals surface area (Å²) in [4.78, 5) is 23.8. The minimum atomic E-state index is -0.445. The molecule has 0 saturated heterocycles. The third kappa shape index (κ3) is 6.98. The Morgan fingerprint density at radius 3 is 2.29 bits per heavy atom. The summed E-state index contributed by atoms with van der Waals surface area (Å²) in [6.45, 7) is 7.73. The Hall–Kier alpha value is -2.04. The lowest BCUT2D eigenvalue weighted by molar-refractivity contribution is -0.128. The predicted octanol–water partition coefficient (Wildman–Crippen LogP) is 6.90. The molecule has 0 amide bonds. The maximum absolute atomic E-state index is 12.1. The molecular formula is C25H30Cl2O4. The quantitative estimate of drug-likeness (QED) is 0.378. The van der Waals surface area contributed by atoms with Crippen molar-refractivity contribution in [2.45, 2.75) is 52.9 Å². The number of esters is 1. The molecule has 0 fully saturated rings. The average Bonchev–Trinajstić information content (AvgIpc) is 2.72. The second kappa shape index (κ2) is 11.0. The SMILES string of the molecule is CCC(CCc1ccc(OCC(=O)C(C)(C)C)c(Cl)c1)c1ccc(C(=O)OC)c(Cl)c1. The van der Waals surface area contributed by atoms with Gasteiger partial charge in [0.15, 0.2) is 5.78 Å². The van der Waals surface area contributed by atoms with Crippen LogP contribution in [-0.4, -0.2) is 25.5 Å². The summed E-state index contributed by atoms with van der Waals surface area (Å²) in [6.07, 6.45) is 2.68. The molecule has 2 aromatic carbocycles. The van der Waals surface area contributed by atoms with Gasteiger partial charge in [0.05, 0.1) is 22.7 Å². The molecule has 0 saturated carbocycles. The number of aryl methyl sites for hydroxylation is 1. The molecule has 2 rings (SSSR count). The number of halogens is 2. The fraction of sp³-hybridized carbons (Fsp3) is 0.440. The van der Waals surface area contributed by atoms with Crippen molar-refractivity contribution in [1.29, 1.82) is 0 Å². The molecule has 2 aromatic rings. The number of rotatable bonds is 9. The number of ketones is 1. The fourth-order valence-electron chi connectivity index (χ4n) is 3.18. The van der Waals surface area contributed by atoms with Crippen LogP contribution in [0.4, 0.5) is 0 Å². The number of benzene rings is 2. The largest absolute Gasteiger partial charge is 0.484 e. The highest BCUT2D eigenvalue weighted by molar-refractivity contribution is 6.33. The van der Waals surface area contributed by atoms with E-state index in [1.165, 1.54) is 7.11 Å². The van der Waals surface area contributed by atoms with Crippen LogP contribution in [0.2, 0.25) is 10.0 Å². The third-order valence-corrected chi connectivity index (χ3v) is 5.94. The van der Waals surface area contributed by atoms with Crippen molar-refractivity contribution < 1.29 is 19.1 Å². The van der Waals surface area contributed by atoms with E-state index >= 15 is 0 Å². The summed E-state index contributed by atoms with van der Waals surface area (Å²) >= 11 is 12.7. The first-order valence-electron chi connectivity index (χ1n) is 10.4. The monoisotopic (exact) mass is 464 g/mol. The van der Waals surface area contributed by atoms with Gasteiger partial charge in [-0.15, -0.1) is 0 Å². The van der Waals surface area contributed by atoms with Crippen molar-refractivity contribution >= 4 is 35.0 Å². The topological polar surface area (TPSA) is 52.6 Å². The van der Waals surface area contributed by atoms with Gasteiger partial charge in [0.2, 0.25) is 0 Å². The van der Waals surface area contributed by atoms with Gasteiger partial charge in [-0.1, -0.05) is 63.0 Å². The molecule has 0 radical (unpaired) electrons. The lowest BCUT2D eigenvalue weighted by Gasteiger charge is -2.18. The van der Waals surface area contributed by atoms with Crippen molar-refractivity contribution in [1.82, 2.24) is 0 Å². The Kier molecular flexibility index (Phi) is 8.96. The van der Waals surface area contributed by atoms with Crippen molar-refractivity contribution in [3.05, 3.63) is 63.1 Å². The molecule has 1 unspecified atom stereocenters. The van der Waals surface area contributed by atoms with E-state index < -0.39 is 11.4 Å². The third-order valence-electron chi connectivity index (χ3n) is 5.34. The summed E-state index contributed by atoms with van der Waals surface area (Å²) < 4.78 is 10.4. The van der Waals surface area contributed by atoms with Crippen LogP contribution in [0, 0.1) is 5.41 Å². The summed E-state index contributed by atoms with van der Waals surface area (Å²) in [7, 11) is 1.34. The minimum absolute atomic E-state index is 0.00278. The van der Waals surface area contributed by atoms with Crippen LogP contribution in [0.5, 0.6) is 5.75 Å². The first-order valence-corrected chi connectivity index (χ1v) is 11.1. The van der Waals surface area contributed by atoms with Crippen LogP contribution in [0.1, 0.15) is 67.9 Å². The van der Waals surface area contributed by atoms with E-state index in [1.54, 1.807) is 6.07 Å². The Labute approximate surface area is 194 Å². The summed E-state index contributed by atoms with van der Waals surface area (Å²) in [5.74, 6) is 0.393. The lowest BCUT2D eigenvalue weighted by Crippen LogP contribution is -2.26. The number of carbonyl (C=O) groups is 2. The van der Waals surface area contributed by atoms with E-state index in [4.69, 9.17) is 32.7 Å². The highest BCUT2D eigenvalue weighted by Crippen LogP contribution is 2.31. The first-order chi connectivity index (χ1) is 14.6. The second-order valence-corrected chi connectivity index (χ2v) is 9.42. The highest BCUT2D eigenvalue weighted by atomic mass is 35.5. The molecule has 0 bridgehead atoms. The molecule has 6 heteroatoms. The number of Topliss-reactive ketones (excluding diaryl/α,β-unsaturated/α-hetero) is 1. The summed E-state index contributed by atoms with van der Waals surface area (Å²) in [5.41, 5.74) is 2.11. The van der Waals surface area contributed by atoms with Crippen LogP contribution >= 0.6 is 23.2 Å². The molecular weight excluding hydrogens is 435 g/mol. The lowest BCUT2D eigenvalue weighted by atomic mass is 9.89. The molecule has 4 nitrogen and oxygen atoms in total. The predicted molar refractivity (Wildman–Crippen MR) is 126 cm³/mol. The van der Waals surface area contributed by atoms with Gasteiger partial charge in [-0.3, -0.25) is 4.79 Å². The van der Waals surface area contributed by atoms with Crippen LogP contribution in [0.25, 0.3) is 0 Å². The average molecular weight is 465 g/mol. The van der Waals surface area contributed by atoms with Gasteiger partial charge in [0.25, 0.3) is 0 Å². The zero-order valence-corrected chi connectivity index (χ0v) is 20.3. The smallest absolute Gasteiger partial charge is 0.339 e. The molecule has 0 N–H and O–H groups in total. The van der Waals surface area contributed by atoms with E-state index in [0.29, 0.717) is 27.3 Å². The maximum atomic E-state index is 12.1. The molecule has 0 aliphatic rings. The summed E-state index contributed by atoms with van der Waals surface area (Å²) in [6, 6.07) is 11.2. The maximum Gasteiger partial charge on any atom is 0.339 e. The van der Waals surface area contributed by atoms with E-state index in [-0.39, 0.29) is 12.4 Å². The standard InChI is InChI=1S/C25H30Cl2O4/c1-6-17(18-10-11-19(20(26)14-18)24(29)30-5)9-7-16-8-12-22(21(27)13-16)31-15-23(28)25(2,3)4/h8,10-14,17H,6-7,9,15H2,1-5H3. The van der Waals surface area contributed by atoms with Gasteiger partial charge in [-0.05, 0) is 60.6 Å². The van der Waals surface area contributed by atoms with Crippen molar-refractivity contribution in [2.24, 2.45) is 5.41 Å². The molecule has 0 aromatic heterocycles. The van der Waals surface area contributed by atoms with E-state index in [2.05, 4.69) is 6.92 Å². The highest BCUT2D eigenvalue weighted by Gasteiger charge is 2.22. The Balaban J connectivity index is 2.03. The molecule has 0 aliphatic heterocycles. The van der Waals surface area contributed by atoms with Crippen LogP contribution in [-0.2, 0) is 16.0 Å². The van der Waals surface area contributed by atoms with Crippen molar-refractivity contribution in [3.63, 3.8) is 0 Å². The number of hydrogen-bond acceptors (Lipinski definition) is 4. The molecule has 1 atom stereocenters. The molecule has 31 heavy (non-hydrogen) atoms. The van der Waals surface area contributed by atoms with E-state index in [1.807, 2.05) is 51.1 Å². The Morgan fingerprint density at radius 1 is 1.03 bits per heavy atom. The zero-order chi connectivity index (χ0) is 23.2. The fourth-order valence-corrected chi connectivity index (χ4v) is 3.71. The second-order valence-electron chi connectivity index (χ2n) is 8.60. The van der Waals surface area contributed by atoms with Gasteiger partial charge in [-0.2, -0.15) is 0 Å². The zero-order valence-electron chi connectivity index (χ0n) is 18.8. The van der Waals surface area contributed by atoms with Crippen LogP contribution < -0.4 is 4.74 Å². The van der Waals surface area contributed by atoms with E-state index in [0.717, 1.165) is 30.4 Å². The van der Waals surface area contributed by atoms with Gasteiger partial charge in [-0.25, -0.2) is 4.79 Å². The van der Waals surface area contributed by atoms with Gasteiger partial charge in [0, 0.05) is 5.41 Å². The van der Waals surface area contributed by atoms with Crippen molar-refractivity contribution in [3.8, 4) is 5.75 Å². The summed E-state index contributed by atoms with van der Waals surface area (Å²) in [5, 5.41) is 0.898. The van der Waals surface area contributed by atoms with Crippen LogP contribution in [0.15, 0.2) is 36.4 Å². The number of ether oxygens (including phenoxy) is 2. The van der Waals surface area contributed by atoms with Crippen molar-refractivity contribution in [2.75, 3.05) is 13.7 Å². The normalized spacial score (nSPS) is 12.4. The minimum Gasteiger partial charge on any atom is -0.484 e. The Morgan fingerprint density at radius 2 is 1.74 bits per heavy atom. The first kappa shape index (κ1) is 25.2. The van der Waals surface area contributed by atoms with Gasteiger partial charge >= 0.3 is 5.97 Å². The van der Waals surface area contributed by atoms with Gasteiger partial charge in [0.1, 0.15) is 12.4 Å². The molecule has 0 aliphatic carbocycles. The molecule has 168 valence electrons.